The summed E-state index contributed by atoms with van der Waals surface area (Å²) in [6.07, 6.45) is 3.72. The van der Waals surface area contributed by atoms with Crippen molar-refractivity contribution in [2.75, 3.05) is 0 Å². The zero-order valence-electron chi connectivity index (χ0n) is 14.9. The molecule has 3 saturated carbocycles. The van der Waals surface area contributed by atoms with Crippen molar-refractivity contribution in [3.63, 3.8) is 0 Å². The van der Waals surface area contributed by atoms with Crippen LogP contribution in [-0.2, 0) is 14.3 Å². The Morgan fingerprint density at radius 1 is 1.24 bits per heavy atom. The maximum absolute atomic E-state index is 13.2. The third kappa shape index (κ3) is 1.58. The summed E-state index contributed by atoms with van der Waals surface area (Å²) in [6.45, 7) is 11.3. The number of Topliss-reactive ketones (excluding diaryl/α,β-unsaturated/α-hetero) is 1. The molecule has 2 N–H and O–H groups in total. The molecule has 7 atom stereocenters. The summed E-state index contributed by atoms with van der Waals surface area (Å²) in [5, 5.41) is 22.6. The van der Waals surface area contributed by atoms with Crippen molar-refractivity contribution < 1.29 is 24.5 Å². The van der Waals surface area contributed by atoms with Gasteiger partial charge in [-0.25, -0.2) is 0 Å². The second kappa shape index (κ2) is 4.63. The second-order valence-corrected chi connectivity index (χ2v) is 8.81. The molecule has 5 heteroatoms. The molecule has 4 fully saturated rings. The first-order valence-corrected chi connectivity index (χ1v) is 9.08. The molecule has 4 aliphatic rings. The molecule has 0 unspecified atom stereocenters. The minimum absolute atomic E-state index is 0.0955. The van der Waals surface area contributed by atoms with E-state index in [1.54, 1.807) is 6.92 Å². The Kier molecular flexibility index (Phi) is 3.14. The van der Waals surface area contributed by atoms with Gasteiger partial charge in [-0.1, -0.05) is 20.1 Å². The van der Waals surface area contributed by atoms with Crippen LogP contribution in [0.1, 0.15) is 46.0 Å². The van der Waals surface area contributed by atoms with Crippen molar-refractivity contribution >= 4 is 11.8 Å². The Hall–Kier alpha value is -1.46. The number of aliphatic hydroxyl groups is 2. The minimum Gasteiger partial charge on any atom is -0.460 e. The highest BCUT2D eigenvalue weighted by atomic mass is 16.6. The summed E-state index contributed by atoms with van der Waals surface area (Å²) < 4.78 is 5.28. The van der Waals surface area contributed by atoms with E-state index in [0.29, 0.717) is 31.3 Å². The molecule has 0 spiro atoms. The van der Waals surface area contributed by atoms with Gasteiger partial charge in [-0.2, -0.15) is 0 Å². The van der Waals surface area contributed by atoms with Crippen LogP contribution >= 0.6 is 0 Å². The fraction of sp³-hybridized carbons (Fsp3) is 0.700. The lowest BCUT2D eigenvalue weighted by molar-refractivity contribution is -0.284. The predicted molar refractivity (Wildman–Crippen MR) is 90.4 cm³/mol. The number of ketones is 1. The van der Waals surface area contributed by atoms with E-state index in [2.05, 4.69) is 13.2 Å². The van der Waals surface area contributed by atoms with Crippen LogP contribution in [0.2, 0.25) is 0 Å². The lowest BCUT2D eigenvalue weighted by Crippen LogP contribution is -2.73. The van der Waals surface area contributed by atoms with Gasteiger partial charge in [-0.3, -0.25) is 9.59 Å². The van der Waals surface area contributed by atoms with Crippen LogP contribution in [0.15, 0.2) is 24.8 Å². The van der Waals surface area contributed by atoms with Gasteiger partial charge in [-0.05, 0) is 56.6 Å². The molecule has 136 valence electrons. The van der Waals surface area contributed by atoms with Crippen LogP contribution in [0.4, 0.5) is 0 Å². The number of esters is 1. The molecule has 0 aromatic carbocycles. The van der Waals surface area contributed by atoms with E-state index in [4.69, 9.17) is 4.74 Å². The zero-order valence-corrected chi connectivity index (χ0v) is 14.9. The summed E-state index contributed by atoms with van der Waals surface area (Å²) in [5.74, 6) is -1.33. The van der Waals surface area contributed by atoms with Crippen molar-refractivity contribution in [1.29, 1.82) is 0 Å². The highest BCUT2D eigenvalue weighted by Crippen LogP contribution is 2.70. The van der Waals surface area contributed by atoms with Gasteiger partial charge in [-0.15, -0.1) is 0 Å². The first kappa shape index (κ1) is 17.0. The average Bonchev–Trinajstić information content (AvgIpc) is 2.77. The molecular formula is C20H26O5. The van der Waals surface area contributed by atoms with Gasteiger partial charge < -0.3 is 14.9 Å². The quantitative estimate of drug-likeness (QED) is 0.560. The van der Waals surface area contributed by atoms with Gasteiger partial charge in [0.2, 0.25) is 0 Å². The summed E-state index contributed by atoms with van der Waals surface area (Å²) in [7, 11) is 0. The maximum Gasteiger partial charge on any atom is 0.318 e. The first-order valence-electron chi connectivity index (χ1n) is 9.08. The molecule has 5 nitrogen and oxygen atoms in total. The molecule has 1 aliphatic heterocycles. The van der Waals surface area contributed by atoms with Gasteiger partial charge in [0.05, 0.1) is 5.60 Å². The summed E-state index contributed by atoms with van der Waals surface area (Å²) in [6, 6.07) is 0. The largest absolute Gasteiger partial charge is 0.460 e. The number of rotatable bonds is 1. The molecule has 3 aliphatic carbocycles. The van der Waals surface area contributed by atoms with E-state index in [-0.39, 0.29) is 30.2 Å². The van der Waals surface area contributed by atoms with E-state index in [0.717, 1.165) is 0 Å². The maximum atomic E-state index is 13.2. The summed E-state index contributed by atoms with van der Waals surface area (Å²) in [5.41, 5.74) is -4.12. The topological polar surface area (TPSA) is 83.8 Å². The highest BCUT2D eigenvalue weighted by Gasteiger charge is 2.79. The Balaban J connectivity index is 1.83. The number of hydrogen-bond donors (Lipinski definition) is 2. The SMILES string of the molecule is C=C[C@@]1(O)C(=C)CC[C@H]2[C@H](C[C@]3(O)[C@@]4(C)C(=O)O[C@H]4CC[C@]23C)C1=O. The number of carbonyl (C=O) groups is 2. The standard InChI is InChI=1S/C20H26O5/c1-5-19(23)11(2)6-7-13-12(15(19)21)10-20(24)17(13,3)9-8-14-18(20,4)16(22)25-14/h5,12-14,23-24H,1-2,6-10H2,3-4H3/t12-,13-,14-,17+,18+,19+,20+/m0/s1. The first-order chi connectivity index (χ1) is 11.6. The zero-order chi connectivity index (χ0) is 18.4. The molecule has 0 aromatic rings. The predicted octanol–water partition coefficient (Wildman–Crippen LogP) is 1.92. The van der Waals surface area contributed by atoms with Gasteiger partial charge in [0, 0.05) is 11.3 Å². The molecule has 1 saturated heterocycles. The summed E-state index contributed by atoms with van der Waals surface area (Å²) >= 11 is 0. The van der Waals surface area contributed by atoms with E-state index >= 15 is 0 Å². The lowest BCUT2D eigenvalue weighted by atomic mass is 9.49. The molecule has 25 heavy (non-hydrogen) atoms. The Morgan fingerprint density at radius 2 is 1.92 bits per heavy atom. The molecule has 1 heterocycles. The van der Waals surface area contributed by atoms with Crippen LogP contribution in [0.3, 0.4) is 0 Å². The fourth-order valence-corrected chi connectivity index (χ4v) is 6.32. The van der Waals surface area contributed by atoms with Crippen LogP contribution in [0.5, 0.6) is 0 Å². The second-order valence-electron chi connectivity index (χ2n) is 8.81. The van der Waals surface area contributed by atoms with E-state index in [1.807, 2.05) is 6.92 Å². The van der Waals surface area contributed by atoms with Crippen molar-refractivity contribution in [3.05, 3.63) is 24.8 Å². The highest BCUT2D eigenvalue weighted by molar-refractivity contribution is 5.96. The molecular weight excluding hydrogens is 320 g/mol. The third-order valence-electron chi connectivity index (χ3n) is 8.17. The van der Waals surface area contributed by atoms with Crippen molar-refractivity contribution in [2.45, 2.75) is 63.3 Å². The monoisotopic (exact) mass is 346 g/mol. The minimum atomic E-state index is -1.75. The molecule has 0 bridgehead atoms. The van der Waals surface area contributed by atoms with Gasteiger partial charge in [0.15, 0.2) is 11.4 Å². The van der Waals surface area contributed by atoms with E-state index in [1.165, 1.54) is 6.08 Å². The van der Waals surface area contributed by atoms with Crippen molar-refractivity contribution in [2.24, 2.45) is 22.7 Å². The van der Waals surface area contributed by atoms with Crippen molar-refractivity contribution in [3.8, 4) is 0 Å². The number of hydrogen-bond acceptors (Lipinski definition) is 5. The fourth-order valence-electron chi connectivity index (χ4n) is 6.32. The van der Waals surface area contributed by atoms with Crippen LogP contribution < -0.4 is 0 Å². The Bertz CT molecular complexity index is 713. The van der Waals surface area contributed by atoms with Crippen molar-refractivity contribution in [1.82, 2.24) is 0 Å². The van der Waals surface area contributed by atoms with E-state index in [9.17, 15) is 19.8 Å². The van der Waals surface area contributed by atoms with Crippen LogP contribution in [-0.4, -0.2) is 39.3 Å². The number of carbonyl (C=O) groups excluding carboxylic acids is 2. The molecule has 0 aromatic heterocycles. The third-order valence-corrected chi connectivity index (χ3v) is 8.17. The molecule has 0 amide bonds. The van der Waals surface area contributed by atoms with Gasteiger partial charge >= 0.3 is 5.97 Å². The normalized spacial score (nSPS) is 54.6. The average molecular weight is 346 g/mol. The Morgan fingerprint density at radius 3 is 2.52 bits per heavy atom. The number of ether oxygens (including phenoxy) is 1. The van der Waals surface area contributed by atoms with E-state index < -0.39 is 27.9 Å². The Labute approximate surface area is 147 Å². The molecule has 4 rings (SSSR count). The smallest absolute Gasteiger partial charge is 0.318 e. The molecule has 0 radical (unpaired) electrons. The van der Waals surface area contributed by atoms with Gasteiger partial charge in [0.25, 0.3) is 0 Å². The van der Waals surface area contributed by atoms with Crippen LogP contribution in [0, 0.1) is 22.7 Å². The summed E-state index contributed by atoms with van der Waals surface area (Å²) in [4.78, 5) is 25.5. The lowest BCUT2D eigenvalue weighted by Gasteiger charge is -2.62. The number of fused-ring (bicyclic) bond motifs is 5. The van der Waals surface area contributed by atoms with Crippen LogP contribution in [0.25, 0.3) is 0 Å². The van der Waals surface area contributed by atoms with Gasteiger partial charge in [0.1, 0.15) is 11.5 Å².